The van der Waals surface area contributed by atoms with Crippen LogP contribution in [0.4, 0.5) is 0 Å². The number of Topliss-reactive ketones (excluding diaryl/α,β-unsaturated/α-hetero) is 1. The minimum absolute atomic E-state index is 0.392. The quantitative estimate of drug-likeness (QED) is 0.597. The summed E-state index contributed by atoms with van der Waals surface area (Å²) in [7, 11) is 0. The van der Waals surface area contributed by atoms with E-state index in [0.29, 0.717) is 12.3 Å². The summed E-state index contributed by atoms with van der Waals surface area (Å²) in [6, 6.07) is 0. The molecule has 0 aromatic carbocycles. The Balaban J connectivity index is 1.44. The van der Waals surface area contributed by atoms with E-state index >= 15 is 0 Å². The highest BCUT2D eigenvalue weighted by Crippen LogP contribution is 2.28. The van der Waals surface area contributed by atoms with Gasteiger partial charge in [0.2, 0.25) is 0 Å². The van der Waals surface area contributed by atoms with Gasteiger partial charge in [0.1, 0.15) is 5.78 Å². The van der Waals surface area contributed by atoms with Crippen LogP contribution in [-0.4, -0.2) is 43.5 Å². The monoisotopic (exact) mass is 197 g/mol. The first-order valence-corrected chi connectivity index (χ1v) is 5.66. The van der Waals surface area contributed by atoms with Crippen LogP contribution >= 0.6 is 0 Å². The number of hydrogen-bond acceptors (Lipinski definition) is 3. The van der Waals surface area contributed by atoms with Crippen LogP contribution in [-0.2, 0) is 9.53 Å². The number of nitrogens with zero attached hydrogens (tertiary/aromatic N) is 1. The molecular weight excluding hydrogens is 178 g/mol. The Kier molecular flexibility index (Phi) is 3.54. The normalized spacial score (nSPS) is 23.3. The van der Waals surface area contributed by atoms with E-state index in [1.54, 1.807) is 0 Å². The second-order valence-corrected chi connectivity index (χ2v) is 4.44. The molecule has 0 aromatic heterocycles. The van der Waals surface area contributed by atoms with Crippen molar-refractivity contribution >= 4 is 5.78 Å². The summed E-state index contributed by atoms with van der Waals surface area (Å²) in [6.07, 6.45) is 4.55. The van der Waals surface area contributed by atoms with Gasteiger partial charge in [0.15, 0.2) is 0 Å². The summed E-state index contributed by atoms with van der Waals surface area (Å²) in [5.41, 5.74) is 0. The van der Waals surface area contributed by atoms with Gasteiger partial charge in [-0.3, -0.25) is 9.69 Å². The molecule has 1 heterocycles. The van der Waals surface area contributed by atoms with Crippen LogP contribution in [0.3, 0.4) is 0 Å². The number of ketones is 1. The fraction of sp³-hybridized carbons (Fsp3) is 0.909. The van der Waals surface area contributed by atoms with Crippen LogP contribution in [0, 0.1) is 5.92 Å². The first-order chi connectivity index (χ1) is 6.84. The molecule has 1 aliphatic heterocycles. The lowest BCUT2D eigenvalue weighted by atomic mass is 10.4. The van der Waals surface area contributed by atoms with E-state index in [1.807, 2.05) is 0 Å². The third-order valence-electron chi connectivity index (χ3n) is 2.92. The minimum atomic E-state index is 0.392. The van der Waals surface area contributed by atoms with Crippen LogP contribution < -0.4 is 0 Å². The highest BCUT2D eigenvalue weighted by Gasteiger charge is 2.21. The van der Waals surface area contributed by atoms with Crippen LogP contribution in [0.2, 0.25) is 0 Å². The fourth-order valence-corrected chi connectivity index (χ4v) is 1.81. The smallest absolute Gasteiger partial charge is 0.148 e. The zero-order valence-corrected chi connectivity index (χ0v) is 8.71. The molecule has 1 saturated heterocycles. The Hall–Kier alpha value is -0.410. The Morgan fingerprint density at radius 3 is 2.93 bits per heavy atom. The molecule has 0 radical (unpaired) electrons. The maximum absolute atomic E-state index is 11.0. The van der Waals surface area contributed by atoms with E-state index in [2.05, 4.69) is 4.90 Å². The highest BCUT2D eigenvalue weighted by molar-refractivity contribution is 5.82. The van der Waals surface area contributed by atoms with Crippen LogP contribution in [0.15, 0.2) is 0 Å². The van der Waals surface area contributed by atoms with Crippen LogP contribution in [0.25, 0.3) is 0 Å². The number of rotatable bonds is 6. The molecule has 2 fully saturated rings. The fourth-order valence-electron chi connectivity index (χ4n) is 1.81. The summed E-state index contributed by atoms with van der Waals surface area (Å²) in [4.78, 5) is 13.2. The molecule has 0 spiro atoms. The lowest BCUT2D eigenvalue weighted by molar-refractivity contribution is -0.116. The number of ether oxygens (including phenoxy) is 1. The predicted octanol–water partition coefficient (Wildman–Crippen LogP) is 1.08. The lowest BCUT2D eigenvalue weighted by Crippen LogP contribution is -2.23. The van der Waals surface area contributed by atoms with Crippen molar-refractivity contribution in [3.8, 4) is 0 Å². The third-order valence-corrected chi connectivity index (χ3v) is 2.92. The van der Waals surface area contributed by atoms with Crippen molar-refractivity contribution < 1.29 is 9.53 Å². The molecule has 0 N–H and O–H groups in total. The van der Waals surface area contributed by atoms with Crippen molar-refractivity contribution in [1.29, 1.82) is 0 Å². The molecule has 1 saturated carbocycles. The molecule has 3 nitrogen and oxygen atoms in total. The molecule has 80 valence electrons. The molecule has 0 amide bonds. The largest absolute Gasteiger partial charge is 0.381 e. The molecule has 1 aliphatic carbocycles. The van der Waals surface area contributed by atoms with Gasteiger partial charge < -0.3 is 4.74 Å². The number of likely N-dealkylation sites (tertiary alicyclic amines) is 1. The second-order valence-electron chi connectivity index (χ2n) is 4.44. The maximum atomic E-state index is 11.0. The zero-order valence-electron chi connectivity index (χ0n) is 8.71. The zero-order chi connectivity index (χ0) is 9.80. The topological polar surface area (TPSA) is 29.5 Å². The summed E-state index contributed by atoms with van der Waals surface area (Å²) in [5, 5.41) is 0. The number of carbonyl (C=O) groups excluding carboxylic acids is 1. The van der Waals surface area contributed by atoms with Gasteiger partial charge in [0.25, 0.3) is 0 Å². The van der Waals surface area contributed by atoms with E-state index < -0.39 is 0 Å². The number of carbonyl (C=O) groups is 1. The third kappa shape index (κ3) is 3.39. The van der Waals surface area contributed by atoms with E-state index in [1.165, 1.54) is 12.8 Å². The molecule has 0 atom stereocenters. The Morgan fingerprint density at radius 2 is 2.29 bits per heavy atom. The van der Waals surface area contributed by atoms with Gasteiger partial charge in [-0.1, -0.05) is 0 Å². The number of hydrogen-bond donors (Lipinski definition) is 0. The van der Waals surface area contributed by atoms with E-state index in [0.717, 1.165) is 45.1 Å². The van der Waals surface area contributed by atoms with Crippen LogP contribution in [0.5, 0.6) is 0 Å². The van der Waals surface area contributed by atoms with Gasteiger partial charge >= 0.3 is 0 Å². The van der Waals surface area contributed by atoms with Gasteiger partial charge in [0.05, 0.1) is 6.54 Å². The Morgan fingerprint density at radius 1 is 1.43 bits per heavy atom. The molecule has 14 heavy (non-hydrogen) atoms. The van der Waals surface area contributed by atoms with Crippen LogP contribution in [0.1, 0.15) is 25.7 Å². The van der Waals surface area contributed by atoms with Crippen molar-refractivity contribution in [1.82, 2.24) is 4.90 Å². The lowest BCUT2D eigenvalue weighted by Gasteiger charge is -2.12. The summed E-state index contributed by atoms with van der Waals surface area (Å²) in [6.45, 7) is 4.47. The molecule has 0 bridgehead atoms. The maximum Gasteiger partial charge on any atom is 0.148 e. The van der Waals surface area contributed by atoms with Gasteiger partial charge in [-0.2, -0.15) is 0 Å². The van der Waals surface area contributed by atoms with Gasteiger partial charge in [-0.15, -0.1) is 0 Å². The van der Waals surface area contributed by atoms with E-state index in [-0.39, 0.29) is 0 Å². The van der Waals surface area contributed by atoms with E-state index in [4.69, 9.17) is 4.74 Å². The summed E-state index contributed by atoms with van der Waals surface area (Å²) in [5.74, 6) is 1.26. The van der Waals surface area contributed by atoms with Crippen molar-refractivity contribution in [3.05, 3.63) is 0 Å². The summed E-state index contributed by atoms with van der Waals surface area (Å²) >= 11 is 0. The van der Waals surface area contributed by atoms with Crippen molar-refractivity contribution in [2.75, 3.05) is 32.8 Å². The van der Waals surface area contributed by atoms with Crippen molar-refractivity contribution in [3.63, 3.8) is 0 Å². The summed E-state index contributed by atoms with van der Waals surface area (Å²) < 4.78 is 5.53. The van der Waals surface area contributed by atoms with Gasteiger partial charge in [0, 0.05) is 32.7 Å². The standard InChI is InChI=1S/C11H19NO2/c13-11-4-6-12(8-11)5-1-7-14-9-10-2-3-10/h10H,1-9H2. The molecule has 0 unspecified atom stereocenters. The second kappa shape index (κ2) is 4.89. The van der Waals surface area contributed by atoms with Crippen molar-refractivity contribution in [2.45, 2.75) is 25.7 Å². The average molecular weight is 197 g/mol. The van der Waals surface area contributed by atoms with Gasteiger partial charge in [-0.05, 0) is 25.2 Å². The average Bonchev–Trinajstić information content (AvgIpc) is 2.89. The minimum Gasteiger partial charge on any atom is -0.381 e. The van der Waals surface area contributed by atoms with E-state index in [9.17, 15) is 4.79 Å². The molecular formula is C11H19NO2. The highest BCUT2D eigenvalue weighted by atomic mass is 16.5. The predicted molar refractivity (Wildman–Crippen MR) is 54.2 cm³/mol. The first-order valence-electron chi connectivity index (χ1n) is 5.66. The van der Waals surface area contributed by atoms with Gasteiger partial charge in [-0.25, -0.2) is 0 Å². The van der Waals surface area contributed by atoms with Crippen molar-refractivity contribution in [2.24, 2.45) is 5.92 Å². The molecule has 2 aliphatic rings. The molecule has 3 heteroatoms. The molecule has 2 rings (SSSR count). The Bertz CT molecular complexity index is 201. The Labute approximate surface area is 85.4 Å². The molecule has 0 aromatic rings. The first kappa shape index (κ1) is 10.1. The SMILES string of the molecule is O=C1CCN(CCCOCC2CC2)C1.